The first kappa shape index (κ1) is 11.8. The lowest BCUT2D eigenvalue weighted by Crippen LogP contribution is -2.35. The van der Waals surface area contributed by atoms with Crippen LogP contribution in [0.15, 0.2) is 18.2 Å². The summed E-state index contributed by atoms with van der Waals surface area (Å²) in [6.45, 7) is 4.39. The van der Waals surface area contributed by atoms with Crippen molar-refractivity contribution in [3.63, 3.8) is 0 Å². The molecule has 0 saturated carbocycles. The van der Waals surface area contributed by atoms with Gasteiger partial charge in [-0.15, -0.1) is 0 Å². The second-order valence-electron chi connectivity index (χ2n) is 4.60. The van der Waals surface area contributed by atoms with Crippen LogP contribution in [0.2, 0.25) is 0 Å². The number of hydrogen-bond donors (Lipinski definition) is 0. The van der Waals surface area contributed by atoms with Gasteiger partial charge in [0.25, 0.3) is 5.91 Å². The quantitative estimate of drug-likeness (QED) is 0.783. The number of hydrogen-bond acceptors (Lipinski definition) is 3. The molecule has 1 aromatic rings. The van der Waals surface area contributed by atoms with Gasteiger partial charge in [0.1, 0.15) is 5.75 Å². The highest BCUT2D eigenvalue weighted by atomic mass is 16.5. The number of rotatable bonds is 2. The first-order valence-corrected chi connectivity index (χ1v) is 5.77. The predicted molar refractivity (Wildman–Crippen MR) is 68.9 cm³/mol. The number of anilines is 2. The summed E-state index contributed by atoms with van der Waals surface area (Å²) in [5, 5.41) is 0. The van der Waals surface area contributed by atoms with Crippen molar-refractivity contribution in [3.8, 4) is 5.75 Å². The Balaban J connectivity index is 2.39. The molecular formula is C13H18N2O2. The van der Waals surface area contributed by atoms with Gasteiger partial charge >= 0.3 is 0 Å². The number of fused-ring (bicyclic) bond motifs is 1. The molecule has 0 saturated heterocycles. The van der Waals surface area contributed by atoms with Gasteiger partial charge < -0.3 is 14.5 Å². The Bertz CT molecular complexity index is 443. The Morgan fingerprint density at radius 2 is 2.12 bits per heavy atom. The molecule has 4 nitrogen and oxygen atoms in total. The summed E-state index contributed by atoms with van der Waals surface area (Å²) in [6.07, 6.45) is 0. The fourth-order valence-corrected chi connectivity index (χ4v) is 1.78. The van der Waals surface area contributed by atoms with Crippen LogP contribution < -0.4 is 14.5 Å². The molecule has 0 unspecified atom stereocenters. The average molecular weight is 234 g/mol. The minimum Gasteiger partial charge on any atom is -0.482 e. The molecule has 0 fully saturated rings. The number of amides is 1. The van der Waals surface area contributed by atoms with Crippen LogP contribution in [0.1, 0.15) is 13.8 Å². The molecule has 0 atom stereocenters. The van der Waals surface area contributed by atoms with E-state index in [-0.39, 0.29) is 12.5 Å². The molecule has 92 valence electrons. The van der Waals surface area contributed by atoms with Gasteiger partial charge in [-0.2, -0.15) is 0 Å². The number of carbonyl (C=O) groups is 1. The molecule has 0 N–H and O–H groups in total. The minimum absolute atomic E-state index is 0.0122. The van der Waals surface area contributed by atoms with E-state index in [4.69, 9.17) is 4.74 Å². The number of likely N-dealkylation sites (N-methyl/N-ethyl adjacent to an activating group) is 1. The van der Waals surface area contributed by atoms with Gasteiger partial charge in [-0.3, -0.25) is 4.79 Å². The molecule has 1 aromatic carbocycles. The lowest BCUT2D eigenvalue weighted by atomic mass is 10.2. The van der Waals surface area contributed by atoms with E-state index in [0.717, 1.165) is 17.1 Å². The van der Waals surface area contributed by atoms with Crippen molar-refractivity contribution in [1.29, 1.82) is 0 Å². The smallest absolute Gasteiger partial charge is 0.264 e. The fourth-order valence-electron chi connectivity index (χ4n) is 1.78. The third-order valence-corrected chi connectivity index (χ3v) is 3.21. The van der Waals surface area contributed by atoms with Crippen molar-refractivity contribution in [3.05, 3.63) is 18.2 Å². The Kier molecular flexibility index (Phi) is 2.96. The molecule has 1 heterocycles. The van der Waals surface area contributed by atoms with Gasteiger partial charge in [-0.1, -0.05) is 0 Å². The summed E-state index contributed by atoms with van der Waals surface area (Å²) in [4.78, 5) is 15.4. The van der Waals surface area contributed by atoms with Crippen molar-refractivity contribution < 1.29 is 9.53 Å². The van der Waals surface area contributed by atoms with E-state index in [1.165, 1.54) is 0 Å². The topological polar surface area (TPSA) is 32.8 Å². The monoisotopic (exact) mass is 234 g/mol. The predicted octanol–water partition coefficient (Wildman–Crippen LogP) is 1.89. The standard InChI is InChI=1S/C13H18N2O2/c1-9(2)14(3)10-5-6-12-11(7-10)15(4)13(16)8-17-12/h5-7,9H,8H2,1-4H3. The molecule has 0 spiro atoms. The van der Waals surface area contributed by atoms with Crippen molar-refractivity contribution in [2.45, 2.75) is 19.9 Å². The van der Waals surface area contributed by atoms with Crippen LogP contribution >= 0.6 is 0 Å². The molecule has 2 rings (SSSR count). The molecule has 1 amide bonds. The van der Waals surface area contributed by atoms with Crippen LogP contribution in [0.5, 0.6) is 5.75 Å². The van der Waals surface area contributed by atoms with Gasteiger partial charge in [-0.05, 0) is 32.0 Å². The Morgan fingerprint density at radius 1 is 1.41 bits per heavy atom. The SMILES string of the molecule is CC(C)N(C)c1ccc2c(c1)N(C)C(=O)CO2. The maximum Gasteiger partial charge on any atom is 0.264 e. The second kappa shape index (κ2) is 4.28. The van der Waals surface area contributed by atoms with E-state index in [1.807, 2.05) is 25.2 Å². The lowest BCUT2D eigenvalue weighted by molar-refractivity contribution is -0.120. The van der Waals surface area contributed by atoms with Gasteiger partial charge in [-0.25, -0.2) is 0 Å². The van der Waals surface area contributed by atoms with Crippen molar-refractivity contribution >= 4 is 17.3 Å². The summed E-state index contributed by atoms with van der Waals surface area (Å²) in [6, 6.07) is 6.35. The van der Waals surface area contributed by atoms with Crippen LogP contribution in [0, 0.1) is 0 Å². The minimum atomic E-state index is -0.0122. The zero-order valence-corrected chi connectivity index (χ0v) is 10.7. The summed E-state index contributed by atoms with van der Waals surface area (Å²) in [7, 11) is 3.82. The fraction of sp³-hybridized carbons (Fsp3) is 0.462. The van der Waals surface area contributed by atoms with Crippen LogP contribution in [0.3, 0.4) is 0 Å². The number of nitrogens with zero attached hydrogens (tertiary/aromatic N) is 2. The van der Waals surface area contributed by atoms with Crippen LogP contribution in [-0.4, -0.2) is 32.7 Å². The van der Waals surface area contributed by atoms with Crippen molar-refractivity contribution in [2.24, 2.45) is 0 Å². The van der Waals surface area contributed by atoms with E-state index in [1.54, 1.807) is 11.9 Å². The maximum absolute atomic E-state index is 11.6. The molecule has 0 radical (unpaired) electrons. The van der Waals surface area contributed by atoms with Crippen LogP contribution in [0.25, 0.3) is 0 Å². The second-order valence-corrected chi connectivity index (χ2v) is 4.60. The Hall–Kier alpha value is -1.71. The van der Waals surface area contributed by atoms with Crippen molar-refractivity contribution in [2.75, 3.05) is 30.5 Å². The van der Waals surface area contributed by atoms with E-state index in [2.05, 4.69) is 18.7 Å². The first-order chi connectivity index (χ1) is 8.00. The Morgan fingerprint density at radius 3 is 2.76 bits per heavy atom. The average Bonchev–Trinajstić information content (AvgIpc) is 2.32. The molecular weight excluding hydrogens is 216 g/mol. The molecule has 1 aliphatic heterocycles. The maximum atomic E-state index is 11.6. The highest BCUT2D eigenvalue weighted by molar-refractivity contribution is 5.97. The number of ether oxygens (including phenoxy) is 1. The molecule has 1 aliphatic rings. The zero-order valence-electron chi connectivity index (χ0n) is 10.7. The normalized spacial score (nSPS) is 14.6. The highest BCUT2D eigenvalue weighted by Gasteiger charge is 2.22. The third-order valence-electron chi connectivity index (χ3n) is 3.21. The Labute approximate surface area is 102 Å². The van der Waals surface area contributed by atoms with Gasteiger partial charge in [0.2, 0.25) is 0 Å². The number of carbonyl (C=O) groups excluding carboxylic acids is 1. The van der Waals surface area contributed by atoms with Crippen molar-refractivity contribution in [1.82, 2.24) is 0 Å². The first-order valence-electron chi connectivity index (χ1n) is 5.77. The van der Waals surface area contributed by atoms with Gasteiger partial charge in [0, 0.05) is 25.8 Å². The highest BCUT2D eigenvalue weighted by Crippen LogP contribution is 2.34. The molecule has 4 heteroatoms. The number of benzene rings is 1. The zero-order chi connectivity index (χ0) is 12.6. The third kappa shape index (κ3) is 2.07. The lowest BCUT2D eigenvalue weighted by Gasteiger charge is -2.29. The van der Waals surface area contributed by atoms with Crippen LogP contribution in [-0.2, 0) is 4.79 Å². The van der Waals surface area contributed by atoms with E-state index in [9.17, 15) is 4.79 Å². The van der Waals surface area contributed by atoms with Gasteiger partial charge in [0.15, 0.2) is 6.61 Å². The van der Waals surface area contributed by atoms with Crippen LogP contribution in [0.4, 0.5) is 11.4 Å². The van der Waals surface area contributed by atoms with Gasteiger partial charge in [0.05, 0.1) is 5.69 Å². The molecule has 0 aromatic heterocycles. The molecule has 17 heavy (non-hydrogen) atoms. The summed E-state index contributed by atoms with van der Waals surface area (Å²) in [5.74, 6) is 0.759. The summed E-state index contributed by atoms with van der Waals surface area (Å²) < 4.78 is 5.39. The summed E-state index contributed by atoms with van der Waals surface area (Å²) in [5.41, 5.74) is 1.93. The molecule has 0 bridgehead atoms. The molecule has 0 aliphatic carbocycles. The largest absolute Gasteiger partial charge is 0.482 e. The van der Waals surface area contributed by atoms with E-state index in [0.29, 0.717) is 6.04 Å². The van der Waals surface area contributed by atoms with E-state index >= 15 is 0 Å². The van der Waals surface area contributed by atoms with E-state index < -0.39 is 0 Å². The summed E-state index contributed by atoms with van der Waals surface area (Å²) >= 11 is 0.